The summed E-state index contributed by atoms with van der Waals surface area (Å²) in [5.41, 5.74) is 5.13. The van der Waals surface area contributed by atoms with Crippen molar-refractivity contribution in [3.8, 4) is 0 Å². The molecule has 0 aromatic heterocycles. The lowest BCUT2D eigenvalue weighted by atomic mass is 10.1. The normalized spacial score (nSPS) is 15.5. The first-order chi connectivity index (χ1) is 13.1. The lowest BCUT2D eigenvalue weighted by Gasteiger charge is -2.26. The number of morpholine rings is 1. The summed E-state index contributed by atoms with van der Waals surface area (Å²) in [4.78, 5) is 13.9. The molecule has 142 valence electrons. The minimum Gasteiger partial charge on any atom is -0.476 e. The average molecular weight is 388 g/mol. The minimum absolute atomic E-state index is 0.0890. The molecule has 0 amide bonds. The van der Waals surface area contributed by atoms with Gasteiger partial charge in [-0.05, 0) is 36.2 Å². The molecule has 0 spiro atoms. The van der Waals surface area contributed by atoms with E-state index in [4.69, 9.17) is 16.3 Å². The van der Waals surface area contributed by atoms with E-state index < -0.39 is 5.97 Å². The summed E-state index contributed by atoms with van der Waals surface area (Å²) in [5, 5.41) is 13.9. The summed E-state index contributed by atoms with van der Waals surface area (Å²) < 4.78 is 5.36. The second kappa shape index (κ2) is 9.50. The molecule has 3 rings (SSSR count). The third-order valence-electron chi connectivity index (χ3n) is 4.37. The number of halogens is 1. The van der Waals surface area contributed by atoms with Gasteiger partial charge in [0.1, 0.15) is 0 Å². The van der Waals surface area contributed by atoms with Gasteiger partial charge in [0.25, 0.3) is 0 Å². The molecule has 6 nitrogen and oxygen atoms in total. The van der Waals surface area contributed by atoms with Crippen molar-refractivity contribution < 1.29 is 14.6 Å². The SMILES string of the molecule is O=C(O)C(=NNc1ccc(CCN2CCOCC2)cc1)c1cccc(Cl)c1. The van der Waals surface area contributed by atoms with Gasteiger partial charge in [-0.3, -0.25) is 10.3 Å². The maximum absolute atomic E-state index is 11.5. The van der Waals surface area contributed by atoms with Crippen molar-refractivity contribution in [1.82, 2.24) is 4.90 Å². The number of carboxylic acid groups (broad SMARTS) is 1. The molecule has 2 N–H and O–H groups in total. The zero-order valence-electron chi connectivity index (χ0n) is 14.9. The van der Waals surface area contributed by atoms with E-state index in [1.165, 1.54) is 5.56 Å². The van der Waals surface area contributed by atoms with Crippen molar-refractivity contribution in [2.75, 3.05) is 38.3 Å². The first-order valence-electron chi connectivity index (χ1n) is 8.84. The highest BCUT2D eigenvalue weighted by Crippen LogP contribution is 2.14. The van der Waals surface area contributed by atoms with Crippen LogP contribution in [0.15, 0.2) is 53.6 Å². The number of carboxylic acids is 1. The zero-order valence-corrected chi connectivity index (χ0v) is 15.7. The fraction of sp³-hybridized carbons (Fsp3) is 0.300. The maximum Gasteiger partial charge on any atom is 0.356 e. The number of anilines is 1. The van der Waals surface area contributed by atoms with Gasteiger partial charge >= 0.3 is 5.97 Å². The molecule has 1 aliphatic heterocycles. The fourth-order valence-corrected chi connectivity index (χ4v) is 3.04. The van der Waals surface area contributed by atoms with Crippen LogP contribution < -0.4 is 5.43 Å². The molecule has 1 fully saturated rings. The van der Waals surface area contributed by atoms with Gasteiger partial charge in [0.2, 0.25) is 0 Å². The number of aliphatic carboxylic acids is 1. The maximum atomic E-state index is 11.5. The smallest absolute Gasteiger partial charge is 0.356 e. The van der Waals surface area contributed by atoms with Crippen molar-refractivity contribution in [3.63, 3.8) is 0 Å². The molecule has 1 saturated heterocycles. The van der Waals surface area contributed by atoms with Gasteiger partial charge in [0.05, 0.1) is 18.9 Å². The Bertz CT molecular complexity index is 802. The monoisotopic (exact) mass is 387 g/mol. The Kier molecular flexibility index (Phi) is 6.81. The van der Waals surface area contributed by atoms with Crippen LogP contribution in [-0.4, -0.2) is 54.5 Å². The van der Waals surface area contributed by atoms with Crippen LogP contribution in [0.1, 0.15) is 11.1 Å². The Balaban J connectivity index is 1.60. The zero-order chi connectivity index (χ0) is 19.1. The number of hydrogen-bond donors (Lipinski definition) is 2. The highest BCUT2D eigenvalue weighted by Gasteiger charge is 2.13. The number of hydrogen-bond acceptors (Lipinski definition) is 5. The Hall–Kier alpha value is -2.41. The molecule has 0 saturated carbocycles. The van der Waals surface area contributed by atoms with E-state index in [9.17, 15) is 9.90 Å². The van der Waals surface area contributed by atoms with Gasteiger partial charge in [0, 0.05) is 30.2 Å². The molecule has 2 aromatic carbocycles. The lowest BCUT2D eigenvalue weighted by molar-refractivity contribution is -0.129. The fourth-order valence-electron chi connectivity index (χ4n) is 2.85. The van der Waals surface area contributed by atoms with Crippen molar-refractivity contribution in [3.05, 3.63) is 64.7 Å². The second-order valence-corrected chi connectivity index (χ2v) is 6.73. The standard InChI is InChI=1S/C20H22ClN3O3/c21-17-3-1-2-16(14-17)19(20(25)26)23-22-18-6-4-15(5-7-18)8-9-24-10-12-27-13-11-24/h1-7,14,22H,8-13H2,(H,25,26). The average Bonchev–Trinajstić information content (AvgIpc) is 2.68. The summed E-state index contributed by atoms with van der Waals surface area (Å²) in [6, 6.07) is 14.5. The Morgan fingerprint density at radius 2 is 1.93 bits per heavy atom. The third-order valence-corrected chi connectivity index (χ3v) is 4.61. The number of carbonyl (C=O) groups is 1. The molecule has 7 heteroatoms. The van der Waals surface area contributed by atoms with Gasteiger partial charge in [-0.1, -0.05) is 35.9 Å². The van der Waals surface area contributed by atoms with E-state index in [0.717, 1.165) is 45.0 Å². The van der Waals surface area contributed by atoms with E-state index in [1.807, 2.05) is 24.3 Å². The number of rotatable bonds is 7. The van der Waals surface area contributed by atoms with E-state index in [1.54, 1.807) is 24.3 Å². The number of ether oxygens (including phenoxy) is 1. The number of hydrazone groups is 1. The van der Waals surface area contributed by atoms with Gasteiger partial charge in [-0.2, -0.15) is 5.10 Å². The topological polar surface area (TPSA) is 74.2 Å². The summed E-state index contributed by atoms with van der Waals surface area (Å²) in [6.07, 6.45) is 0.965. The predicted molar refractivity (Wildman–Crippen MR) is 107 cm³/mol. The summed E-state index contributed by atoms with van der Waals surface area (Å²) >= 11 is 5.94. The number of benzene rings is 2. The minimum atomic E-state index is -1.12. The van der Waals surface area contributed by atoms with Crippen LogP contribution in [0.5, 0.6) is 0 Å². The lowest BCUT2D eigenvalue weighted by Crippen LogP contribution is -2.37. The third kappa shape index (κ3) is 5.79. The highest BCUT2D eigenvalue weighted by molar-refractivity contribution is 6.43. The van der Waals surface area contributed by atoms with Crippen molar-refractivity contribution in [2.45, 2.75) is 6.42 Å². The number of nitrogens with zero attached hydrogens (tertiary/aromatic N) is 2. The van der Waals surface area contributed by atoms with Crippen LogP contribution in [0.25, 0.3) is 0 Å². The first kappa shape index (κ1) is 19.4. The Labute approximate surface area is 163 Å². The molecule has 0 unspecified atom stereocenters. The molecular weight excluding hydrogens is 366 g/mol. The molecule has 1 aliphatic rings. The van der Waals surface area contributed by atoms with E-state index in [-0.39, 0.29) is 5.71 Å². The van der Waals surface area contributed by atoms with Crippen LogP contribution in [0, 0.1) is 0 Å². The van der Waals surface area contributed by atoms with Crippen LogP contribution in [0.3, 0.4) is 0 Å². The van der Waals surface area contributed by atoms with Gasteiger partial charge < -0.3 is 9.84 Å². The van der Waals surface area contributed by atoms with Crippen LogP contribution in [0.2, 0.25) is 5.02 Å². The Morgan fingerprint density at radius 1 is 1.19 bits per heavy atom. The molecular formula is C20H22ClN3O3. The highest BCUT2D eigenvalue weighted by atomic mass is 35.5. The van der Waals surface area contributed by atoms with Crippen LogP contribution in [0.4, 0.5) is 5.69 Å². The Morgan fingerprint density at radius 3 is 2.59 bits per heavy atom. The molecule has 0 aliphatic carbocycles. The molecule has 27 heavy (non-hydrogen) atoms. The largest absolute Gasteiger partial charge is 0.476 e. The second-order valence-electron chi connectivity index (χ2n) is 6.29. The summed E-state index contributed by atoms with van der Waals surface area (Å²) in [5.74, 6) is -1.12. The number of nitrogens with one attached hydrogen (secondary N) is 1. The van der Waals surface area contributed by atoms with Gasteiger partial charge in [-0.25, -0.2) is 4.79 Å². The molecule has 1 heterocycles. The van der Waals surface area contributed by atoms with E-state index >= 15 is 0 Å². The molecule has 0 radical (unpaired) electrons. The quantitative estimate of drug-likeness (QED) is 0.564. The van der Waals surface area contributed by atoms with Crippen LogP contribution in [-0.2, 0) is 16.0 Å². The van der Waals surface area contributed by atoms with Crippen LogP contribution >= 0.6 is 11.6 Å². The van der Waals surface area contributed by atoms with Crippen molar-refractivity contribution in [2.24, 2.45) is 5.10 Å². The van der Waals surface area contributed by atoms with E-state index in [0.29, 0.717) is 10.6 Å². The predicted octanol–water partition coefficient (Wildman–Crippen LogP) is 3.12. The van der Waals surface area contributed by atoms with Gasteiger partial charge in [-0.15, -0.1) is 0 Å². The first-order valence-corrected chi connectivity index (χ1v) is 9.21. The van der Waals surface area contributed by atoms with Gasteiger partial charge in [0.15, 0.2) is 5.71 Å². The van der Waals surface area contributed by atoms with Crippen molar-refractivity contribution in [1.29, 1.82) is 0 Å². The van der Waals surface area contributed by atoms with Crippen molar-refractivity contribution >= 4 is 29.0 Å². The summed E-state index contributed by atoms with van der Waals surface area (Å²) in [6.45, 7) is 4.58. The van der Waals surface area contributed by atoms with E-state index in [2.05, 4.69) is 15.4 Å². The molecule has 0 atom stereocenters. The molecule has 0 bridgehead atoms. The summed E-state index contributed by atoms with van der Waals surface area (Å²) in [7, 11) is 0. The molecule has 2 aromatic rings.